The topological polar surface area (TPSA) is 84.8 Å². The average molecular weight is 420 g/mol. The minimum absolute atomic E-state index is 0.210. The van der Waals surface area contributed by atoms with Gasteiger partial charge < -0.3 is 4.42 Å². The summed E-state index contributed by atoms with van der Waals surface area (Å²) in [5.74, 6) is 0.581. The third-order valence-electron chi connectivity index (χ3n) is 4.34. The summed E-state index contributed by atoms with van der Waals surface area (Å²) in [5, 5.41) is 8.55. The van der Waals surface area contributed by atoms with Gasteiger partial charge in [-0.15, -0.1) is 0 Å². The number of furan rings is 1. The lowest BCUT2D eigenvalue weighted by atomic mass is 10.1. The van der Waals surface area contributed by atoms with Gasteiger partial charge in [0, 0.05) is 17.5 Å². The molecule has 0 aliphatic heterocycles. The molecule has 0 fully saturated rings. The number of nitrogens with one attached hydrogen (secondary N) is 1. The van der Waals surface area contributed by atoms with Crippen LogP contribution in [0, 0.1) is 0 Å². The molecule has 0 bridgehead atoms. The Balaban J connectivity index is 1.79. The number of carbonyl (C=O) groups is 1. The van der Waals surface area contributed by atoms with E-state index in [-0.39, 0.29) is 18.3 Å². The van der Waals surface area contributed by atoms with Gasteiger partial charge in [0.05, 0.1) is 24.4 Å². The van der Waals surface area contributed by atoms with E-state index >= 15 is 0 Å². The summed E-state index contributed by atoms with van der Waals surface area (Å²) in [4.78, 5) is 21.6. The van der Waals surface area contributed by atoms with Crippen molar-refractivity contribution < 1.29 is 9.21 Å². The highest BCUT2D eigenvalue weighted by atomic mass is 35.5. The summed E-state index contributed by atoms with van der Waals surface area (Å²) in [6, 6.07) is 18.3. The quantitative estimate of drug-likeness (QED) is 0.498. The second-order valence-electron chi connectivity index (χ2n) is 6.43. The summed E-state index contributed by atoms with van der Waals surface area (Å²) >= 11 is 6.17. The van der Waals surface area contributed by atoms with Gasteiger partial charge >= 0.3 is 0 Å². The molecule has 8 heteroatoms. The maximum Gasteiger partial charge on any atom is 0.233 e. The Morgan fingerprint density at radius 1 is 1.20 bits per heavy atom. The summed E-state index contributed by atoms with van der Waals surface area (Å²) in [6.45, 7) is 0. The minimum atomic E-state index is -0.217. The van der Waals surface area contributed by atoms with Gasteiger partial charge in [-0.25, -0.2) is 4.98 Å². The molecule has 0 saturated heterocycles. The van der Waals surface area contributed by atoms with Crippen molar-refractivity contribution in [3.63, 3.8) is 0 Å². The fourth-order valence-electron chi connectivity index (χ4n) is 3.00. The number of nitrogens with zero attached hydrogens (tertiary/aromatic N) is 4. The van der Waals surface area contributed by atoms with Crippen LogP contribution in [0.25, 0.3) is 10.9 Å². The molecule has 0 spiro atoms. The molecule has 0 saturated carbocycles. The van der Waals surface area contributed by atoms with Crippen LogP contribution in [0.4, 0.5) is 5.95 Å². The molecule has 0 atom stereocenters. The van der Waals surface area contributed by atoms with Crippen LogP contribution in [-0.4, -0.2) is 28.8 Å². The Morgan fingerprint density at radius 3 is 2.77 bits per heavy atom. The van der Waals surface area contributed by atoms with E-state index in [2.05, 4.69) is 20.4 Å². The normalized spacial score (nSPS) is 12.0. The van der Waals surface area contributed by atoms with Gasteiger partial charge in [-0.1, -0.05) is 41.9 Å². The maximum atomic E-state index is 12.7. The maximum absolute atomic E-state index is 12.7. The summed E-state index contributed by atoms with van der Waals surface area (Å²) in [6.07, 6.45) is 3.29. The summed E-state index contributed by atoms with van der Waals surface area (Å²) in [5.41, 5.74) is 2.04. The first-order valence-electron chi connectivity index (χ1n) is 9.21. The van der Waals surface area contributed by atoms with Crippen molar-refractivity contribution in [3.8, 4) is 0 Å². The molecule has 150 valence electrons. The molecule has 1 amide bonds. The van der Waals surface area contributed by atoms with Crippen LogP contribution in [0.15, 0.2) is 81.4 Å². The first kappa shape index (κ1) is 19.6. The third kappa shape index (κ3) is 4.31. The third-order valence-corrected chi connectivity index (χ3v) is 4.58. The number of halogens is 1. The number of rotatable bonds is 5. The predicted octanol–water partition coefficient (Wildman–Crippen LogP) is 3.88. The Labute approximate surface area is 177 Å². The molecule has 2 aromatic heterocycles. The highest BCUT2D eigenvalue weighted by Crippen LogP contribution is 2.17. The van der Waals surface area contributed by atoms with Gasteiger partial charge in [-0.05, 0) is 35.9 Å². The molecule has 2 aromatic carbocycles. The zero-order chi connectivity index (χ0) is 20.9. The van der Waals surface area contributed by atoms with Crippen LogP contribution in [0.1, 0.15) is 11.3 Å². The van der Waals surface area contributed by atoms with Crippen molar-refractivity contribution in [1.29, 1.82) is 0 Å². The molecule has 0 aliphatic carbocycles. The van der Waals surface area contributed by atoms with E-state index in [1.54, 1.807) is 43.6 Å². The van der Waals surface area contributed by atoms with Crippen LogP contribution < -0.4 is 10.8 Å². The monoisotopic (exact) mass is 419 g/mol. The van der Waals surface area contributed by atoms with Crippen LogP contribution in [0.3, 0.4) is 0 Å². The van der Waals surface area contributed by atoms with E-state index in [0.29, 0.717) is 27.2 Å². The van der Waals surface area contributed by atoms with E-state index in [1.807, 2.05) is 30.3 Å². The number of hydrogen-bond donors (Lipinski definition) is 1. The van der Waals surface area contributed by atoms with Crippen molar-refractivity contribution in [2.75, 3.05) is 12.4 Å². The van der Waals surface area contributed by atoms with Crippen molar-refractivity contribution in [2.45, 2.75) is 6.42 Å². The molecule has 0 aliphatic rings. The first-order valence-corrected chi connectivity index (χ1v) is 9.58. The molecule has 30 heavy (non-hydrogen) atoms. The van der Waals surface area contributed by atoms with Gasteiger partial charge in [0.25, 0.3) is 0 Å². The Hall–Kier alpha value is -3.71. The highest BCUT2D eigenvalue weighted by molar-refractivity contribution is 6.31. The van der Waals surface area contributed by atoms with Gasteiger partial charge in [-0.3, -0.25) is 15.1 Å². The van der Waals surface area contributed by atoms with Gasteiger partial charge in [0.2, 0.25) is 11.9 Å². The number of hydrogen-bond acceptors (Lipinski definition) is 5. The number of carbonyl (C=O) groups excluding carboxylic acids is 1. The number of anilines is 1. The molecular formula is C22H18ClN5O2. The lowest BCUT2D eigenvalue weighted by molar-refractivity contribution is -0.115. The smallest absolute Gasteiger partial charge is 0.233 e. The fraction of sp³-hybridized carbons (Fsp3) is 0.0909. The van der Waals surface area contributed by atoms with E-state index in [1.165, 1.54) is 10.9 Å². The Morgan fingerprint density at radius 2 is 2.03 bits per heavy atom. The van der Waals surface area contributed by atoms with Crippen LogP contribution in [0.2, 0.25) is 5.02 Å². The molecule has 4 aromatic rings. The second-order valence-corrected chi connectivity index (χ2v) is 6.86. The van der Waals surface area contributed by atoms with E-state index in [4.69, 9.17) is 16.0 Å². The van der Waals surface area contributed by atoms with Crippen molar-refractivity contribution in [1.82, 2.24) is 9.66 Å². The summed E-state index contributed by atoms with van der Waals surface area (Å²) in [7, 11) is 1.64. The number of amides is 1. The zero-order valence-electron chi connectivity index (χ0n) is 16.1. The molecule has 0 unspecified atom stereocenters. The minimum Gasteiger partial charge on any atom is -0.463 e. The molecular weight excluding hydrogens is 402 g/mol. The first-order chi connectivity index (χ1) is 14.6. The largest absolute Gasteiger partial charge is 0.463 e. The molecule has 4 rings (SSSR count). The standard InChI is InChI=1S/C22H18ClN5O2/c1-24-21-18-13-16(23)9-10-19(18)26-22(28(21)25-14-17-8-5-11-30-17)27-20(29)12-15-6-3-2-4-7-15/h2-11,13-14H,12H2,1H3,(H,26,27,29)/b24-21?,25-14+. The van der Waals surface area contributed by atoms with Crippen molar-refractivity contribution in [3.05, 3.63) is 88.8 Å². The van der Waals surface area contributed by atoms with Gasteiger partial charge in [-0.2, -0.15) is 9.78 Å². The predicted molar refractivity (Wildman–Crippen MR) is 117 cm³/mol. The van der Waals surface area contributed by atoms with Crippen molar-refractivity contribution >= 4 is 40.6 Å². The second kappa shape index (κ2) is 8.75. The van der Waals surface area contributed by atoms with Crippen LogP contribution >= 0.6 is 11.6 Å². The fourth-order valence-corrected chi connectivity index (χ4v) is 3.17. The van der Waals surface area contributed by atoms with E-state index in [0.717, 1.165) is 5.56 Å². The average Bonchev–Trinajstić information content (AvgIpc) is 3.26. The molecule has 7 nitrogen and oxygen atoms in total. The summed E-state index contributed by atoms with van der Waals surface area (Å²) < 4.78 is 6.78. The number of aromatic nitrogens is 2. The lowest BCUT2D eigenvalue weighted by Gasteiger charge is -2.12. The zero-order valence-corrected chi connectivity index (χ0v) is 16.9. The lowest BCUT2D eigenvalue weighted by Crippen LogP contribution is -2.26. The Bertz CT molecular complexity index is 1280. The molecule has 2 heterocycles. The number of fused-ring (bicyclic) bond motifs is 1. The van der Waals surface area contributed by atoms with E-state index < -0.39 is 0 Å². The van der Waals surface area contributed by atoms with Crippen LogP contribution in [0.5, 0.6) is 0 Å². The molecule has 0 radical (unpaired) electrons. The Kier molecular flexibility index (Phi) is 5.72. The number of benzene rings is 2. The highest BCUT2D eigenvalue weighted by Gasteiger charge is 2.13. The molecule has 1 N–H and O–H groups in total. The van der Waals surface area contributed by atoms with Gasteiger partial charge in [0.1, 0.15) is 5.76 Å². The SMILES string of the molecule is CN=c1c2cc(Cl)ccc2nc(NC(=O)Cc2ccccc2)n1/N=C/c1ccco1. The van der Waals surface area contributed by atoms with E-state index in [9.17, 15) is 4.79 Å². The van der Waals surface area contributed by atoms with Gasteiger partial charge in [0.15, 0.2) is 5.49 Å². The van der Waals surface area contributed by atoms with Crippen LogP contribution in [-0.2, 0) is 11.2 Å². The van der Waals surface area contributed by atoms with Crippen molar-refractivity contribution in [2.24, 2.45) is 10.1 Å².